The summed E-state index contributed by atoms with van der Waals surface area (Å²) < 4.78 is 0. The molecule has 9 heteroatoms. The molecule has 0 aromatic rings. The molecular formula is C12H27ClNO7-. The number of aliphatic hydroxyl groups excluding tert-OH is 4. The monoisotopic (exact) mass is 332 g/mol. The van der Waals surface area contributed by atoms with Crippen LogP contribution in [0.2, 0.25) is 0 Å². The Morgan fingerprint density at radius 1 is 0.952 bits per heavy atom. The zero-order chi connectivity index (χ0) is 15.6. The Balaban J connectivity index is -0.000000295. The van der Waals surface area contributed by atoms with E-state index in [9.17, 15) is 5.11 Å². The Morgan fingerprint density at radius 2 is 1.43 bits per heavy atom. The van der Waals surface area contributed by atoms with Gasteiger partial charge in [0.1, 0.15) is 32.0 Å². The lowest BCUT2D eigenvalue weighted by Crippen LogP contribution is -3.13. The van der Waals surface area contributed by atoms with Gasteiger partial charge in [-0.1, -0.05) is 6.58 Å². The van der Waals surface area contributed by atoms with Crippen LogP contribution in [0.15, 0.2) is 12.3 Å². The Bertz CT molecular complexity index is 196. The molecule has 0 bridgehead atoms. The standard InChI is InChI=1S/C6H15NO3.C6H11O4.ClH/c8-4-1-7(2-5-9)3-6-10;1-6(2-3-7)10-9-5-4-8;/h8-10H,1-6H2;8H,1-5H2;1H/q;-1;. The molecule has 8 nitrogen and oxygen atoms in total. The minimum Gasteiger partial charge on any atom is -1.00 e. The van der Waals surface area contributed by atoms with E-state index in [4.69, 9.17) is 20.4 Å². The first kappa shape index (κ1) is 25.5. The zero-order valence-electron chi connectivity index (χ0n) is 12.2. The smallest absolute Gasteiger partial charge is 0.134 e. The van der Waals surface area contributed by atoms with Gasteiger partial charge in [0, 0.05) is 0 Å². The molecule has 21 heavy (non-hydrogen) atoms. The van der Waals surface area contributed by atoms with E-state index in [1.54, 1.807) is 0 Å². The zero-order valence-corrected chi connectivity index (χ0v) is 12.9. The number of hydrogen-bond acceptors (Lipinski definition) is 7. The highest BCUT2D eigenvalue weighted by Crippen LogP contribution is 1.97. The number of quaternary nitrogens is 1. The fraction of sp³-hybridized carbons (Fsp3) is 0.833. The van der Waals surface area contributed by atoms with Crippen molar-refractivity contribution in [2.45, 2.75) is 6.42 Å². The quantitative estimate of drug-likeness (QED) is 0.104. The molecule has 0 saturated carbocycles. The first-order valence-corrected chi connectivity index (χ1v) is 6.48. The molecular weight excluding hydrogens is 306 g/mol. The molecule has 0 radical (unpaired) electrons. The summed E-state index contributed by atoms with van der Waals surface area (Å²) in [5.41, 5.74) is 0. The molecule has 0 aromatic carbocycles. The van der Waals surface area contributed by atoms with Crippen LogP contribution < -0.4 is 22.4 Å². The predicted octanol–water partition coefficient (Wildman–Crippen LogP) is -6.96. The van der Waals surface area contributed by atoms with Crippen LogP contribution in [-0.4, -0.2) is 79.7 Å². The average Bonchev–Trinajstić information content (AvgIpc) is 2.41. The largest absolute Gasteiger partial charge is 1.00 e. The average molecular weight is 333 g/mol. The van der Waals surface area contributed by atoms with E-state index < -0.39 is 0 Å². The van der Waals surface area contributed by atoms with Gasteiger partial charge in [-0.15, -0.1) is 6.61 Å². The molecule has 0 spiro atoms. The van der Waals surface area contributed by atoms with Gasteiger partial charge in [0.05, 0.1) is 26.4 Å². The van der Waals surface area contributed by atoms with E-state index in [-0.39, 0.29) is 58.5 Å². The molecule has 0 saturated heterocycles. The van der Waals surface area contributed by atoms with Gasteiger partial charge in [-0.3, -0.25) is 0 Å². The molecule has 0 amide bonds. The molecule has 0 aromatic heterocycles. The highest BCUT2D eigenvalue weighted by Gasteiger charge is 2.03. The van der Waals surface area contributed by atoms with E-state index in [0.717, 1.165) is 4.90 Å². The molecule has 0 aliphatic carbocycles. The minimum atomic E-state index is -0.263. The third kappa shape index (κ3) is 22.0. The number of nitrogens with one attached hydrogen (secondary N) is 1. The van der Waals surface area contributed by atoms with Crippen molar-refractivity contribution in [2.24, 2.45) is 0 Å². The summed E-state index contributed by atoms with van der Waals surface area (Å²) in [4.78, 5) is 9.91. The Kier molecular flexibility index (Phi) is 26.5. The van der Waals surface area contributed by atoms with Crippen molar-refractivity contribution < 1.29 is 52.6 Å². The fourth-order valence-corrected chi connectivity index (χ4v) is 1.17. The molecule has 0 aliphatic heterocycles. The highest BCUT2D eigenvalue weighted by molar-refractivity contribution is 4.78. The molecule has 5 N–H and O–H groups in total. The normalized spacial score (nSPS) is 9.62. The second-order valence-electron chi connectivity index (χ2n) is 3.79. The van der Waals surface area contributed by atoms with E-state index >= 15 is 0 Å². The van der Waals surface area contributed by atoms with Crippen LogP contribution in [0.4, 0.5) is 0 Å². The summed E-state index contributed by atoms with van der Waals surface area (Å²) in [5, 5.41) is 43.7. The Labute approximate surface area is 131 Å². The number of hydrogen-bond donors (Lipinski definition) is 5. The fourth-order valence-electron chi connectivity index (χ4n) is 1.17. The maximum atomic E-state index is 9.93. The molecule has 0 unspecified atom stereocenters. The molecule has 0 fully saturated rings. The van der Waals surface area contributed by atoms with Gasteiger partial charge in [0.2, 0.25) is 0 Å². The van der Waals surface area contributed by atoms with Crippen LogP contribution in [0.25, 0.3) is 0 Å². The van der Waals surface area contributed by atoms with Crippen LogP contribution in [0.1, 0.15) is 6.42 Å². The predicted molar refractivity (Wildman–Crippen MR) is 69.6 cm³/mol. The third-order valence-electron chi connectivity index (χ3n) is 2.13. The van der Waals surface area contributed by atoms with Crippen molar-refractivity contribution in [3.05, 3.63) is 12.3 Å². The number of aliphatic hydroxyl groups is 4. The summed E-state index contributed by atoms with van der Waals surface area (Å²) >= 11 is 0. The minimum absolute atomic E-state index is 0. The van der Waals surface area contributed by atoms with Crippen molar-refractivity contribution in [1.82, 2.24) is 0 Å². The van der Waals surface area contributed by atoms with Crippen LogP contribution in [-0.2, 0) is 9.78 Å². The lowest BCUT2D eigenvalue weighted by molar-refractivity contribution is -0.901. The van der Waals surface area contributed by atoms with Crippen molar-refractivity contribution in [2.75, 3.05) is 59.3 Å². The summed E-state index contributed by atoms with van der Waals surface area (Å²) in [5.74, 6) is 0.295. The molecule has 0 heterocycles. The van der Waals surface area contributed by atoms with Crippen LogP contribution in [0.5, 0.6) is 0 Å². The molecule has 0 aliphatic rings. The lowest BCUT2D eigenvalue weighted by atomic mass is 10.4. The summed E-state index contributed by atoms with van der Waals surface area (Å²) in [6.45, 7) is 5.23. The maximum Gasteiger partial charge on any atom is 0.134 e. The third-order valence-corrected chi connectivity index (χ3v) is 2.13. The first-order valence-electron chi connectivity index (χ1n) is 6.48. The van der Waals surface area contributed by atoms with Gasteiger partial charge in [0.25, 0.3) is 0 Å². The second kappa shape index (κ2) is 21.8. The molecule has 0 rings (SSSR count). The van der Waals surface area contributed by atoms with E-state index in [2.05, 4.69) is 16.4 Å². The van der Waals surface area contributed by atoms with Gasteiger partial charge in [-0.2, -0.15) is 4.89 Å². The van der Waals surface area contributed by atoms with Crippen molar-refractivity contribution >= 4 is 0 Å². The molecule has 0 atom stereocenters. The van der Waals surface area contributed by atoms with Crippen molar-refractivity contribution in [3.63, 3.8) is 0 Å². The molecule has 130 valence electrons. The SMILES string of the molecule is C=C(CC[O-])OOCCO.OCC[NH+](CCO)CCO.[Cl-]. The number of rotatable bonds is 12. The van der Waals surface area contributed by atoms with Gasteiger partial charge in [-0.25, -0.2) is 0 Å². The summed E-state index contributed by atoms with van der Waals surface area (Å²) in [7, 11) is 0. The van der Waals surface area contributed by atoms with Crippen molar-refractivity contribution in [3.8, 4) is 0 Å². The topological polar surface area (TPSA) is 127 Å². The van der Waals surface area contributed by atoms with Crippen LogP contribution >= 0.6 is 0 Å². The Morgan fingerprint density at radius 3 is 1.76 bits per heavy atom. The first-order chi connectivity index (χ1) is 9.65. The van der Waals surface area contributed by atoms with Gasteiger partial charge >= 0.3 is 0 Å². The van der Waals surface area contributed by atoms with E-state index in [1.165, 1.54) is 0 Å². The van der Waals surface area contributed by atoms with Gasteiger partial charge in [0.15, 0.2) is 0 Å². The highest BCUT2D eigenvalue weighted by atomic mass is 35.5. The van der Waals surface area contributed by atoms with Gasteiger partial charge in [-0.05, 0) is 6.42 Å². The van der Waals surface area contributed by atoms with Gasteiger partial charge < -0.3 is 47.7 Å². The Hall–Kier alpha value is -0.450. The second-order valence-corrected chi connectivity index (χ2v) is 3.79. The van der Waals surface area contributed by atoms with E-state index in [1.807, 2.05) is 0 Å². The van der Waals surface area contributed by atoms with Crippen molar-refractivity contribution in [1.29, 1.82) is 0 Å². The van der Waals surface area contributed by atoms with E-state index in [0.29, 0.717) is 25.4 Å². The maximum absolute atomic E-state index is 9.93. The number of halogens is 1. The van der Waals surface area contributed by atoms with Crippen LogP contribution in [0, 0.1) is 0 Å². The summed E-state index contributed by atoms with van der Waals surface area (Å²) in [6.07, 6.45) is 0.241. The summed E-state index contributed by atoms with van der Waals surface area (Å²) in [6, 6.07) is 0. The lowest BCUT2D eigenvalue weighted by Gasteiger charge is -2.15. The van der Waals surface area contributed by atoms with Crippen LogP contribution in [0.3, 0.4) is 0 Å².